The van der Waals surface area contributed by atoms with E-state index >= 15 is 0 Å². The number of tetrazole rings is 1. The summed E-state index contributed by atoms with van der Waals surface area (Å²) in [5, 5.41) is 22.3. The van der Waals surface area contributed by atoms with Gasteiger partial charge in [0, 0.05) is 24.4 Å². The van der Waals surface area contributed by atoms with E-state index in [4.69, 9.17) is 5.11 Å². The third kappa shape index (κ3) is 2.60. The lowest BCUT2D eigenvalue weighted by Gasteiger charge is -2.01. The molecule has 15 heavy (non-hydrogen) atoms. The van der Waals surface area contributed by atoms with Crippen molar-refractivity contribution >= 4 is 11.3 Å². The van der Waals surface area contributed by atoms with E-state index in [0.29, 0.717) is 13.0 Å². The van der Waals surface area contributed by atoms with Crippen LogP contribution in [0.2, 0.25) is 0 Å². The van der Waals surface area contributed by atoms with Gasteiger partial charge in [-0.25, -0.2) is 4.68 Å². The largest absolute Gasteiger partial charge is 0.396 e. The van der Waals surface area contributed by atoms with Crippen LogP contribution in [0.15, 0.2) is 17.5 Å². The molecule has 80 valence electrons. The average molecular weight is 224 g/mol. The second-order valence-electron chi connectivity index (χ2n) is 3.15. The van der Waals surface area contributed by atoms with Crippen molar-refractivity contribution in [1.82, 2.24) is 20.2 Å². The van der Waals surface area contributed by atoms with Gasteiger partial charge < -0.3 is 5.11 Å². The van der Waals surface area contributed by atoms with Crippen molar-refractivity contribution in [2.45, 2.75) is 19.4 Å². The summed E-state index contributed by atoms with van der Waals surface area (Å²) < 4.78 is 1.75. The van der Waals surface area contributed by atoms with Gasteiger partial charge in [-0.05, 0) is 28.3 Å². The van der Waals surface area contributed by atoms with Gasteiger partial charge in [-0.1, -0.05) is 6.07 Å². The molecule has 0 bridgehead atoms. The van der Waals surface area contributed by atoms with Crippen molar-refractivity contribution in [2.24, 2.45) is 0 Å². The summed E-state index contributed by atoms with van der Waals surface area (Å²) >= 11 is 1.70. The Kier molecular flexibility index (Phi) is 3.41. The van der Waals surface area contributed by atoms with Crippen molar-refractivity contribution in [1.29, 1.82) is 0 Å². The zero-order chi connectivity index (χ0) is 10.5. The Morgan fingerprint density at radius 1 is 1.47 bits per heavy atom. The Hall–Kier alpha value is -1.27. The molecule has 0 amide bonds. The van der Waals surface area contributed by atoms with Gasteiger partial charge in [0.15, 0.2) is 5.82 Å². The maximum absolute atomic E-state index is 8.73. The fourth-order valence-electron chi connectivity index (χ4n) is 1.31. The fourth-order valence-corrected chi connectivity index (χ4v) is 2.01. The molecule has 0 unspecified atom stereocenters. The van der Waals surface area contributed by atoms with E-state index in [-0.39, 0.29) is 6.61 Å². The molecular weight excluding hydrogens is 212 g/mol. The van der Waals surface area contributed by atoms with Crippen LogP contribution >= 0.6 is 11.3 Å². The van der Waals surface area contributed by atoms with Gasteiger partial charge in [-0.3, -0.25) is 0 Å². The highest BCUT2D eigenvalue weighted by atomic mass is 32.1. The monoisotopic (exact) mass is 224 g/mol. The van der Waals surface area contributed by atoms with Crippen LogP contribution in [-0.4, -0.2) is 31.9 Å². The highest BCUT2D eigenvalue weighted by Gasteiger charge is 2.06. The van der Waals surface area contributed by atoms with Crippen LogP contribution in [0.25, 0.3) is 0 Å². The van der Waals surface area contributed by atoms with Crippen LogP contribution in [0.4, 0.5) is 0 Å². The summed E-state index contributed by atoms with van der Waals surface area (Å²) in [4.78, 5) is 1.25. The first-order chi connectivity index (χ1) is 7.40. The van der Waals surface area contributed by atoms with E-state index in [1.165, 1.54) is 4.88 Å². The van der Waals surface area contributed by atoms with Crippen molar-refractivity contribution in [3.05, 3.63) is 28.2 Å². The molecule has 0 aliphatic rings. The Morgan fingerprint density at radius 3 is 3.13 bits per heavy atom. The van der Waals surface area contributed by atoms with Crippen molar-refractivity contribution in [2.75, 3.05) is 6.61 Å². The molecule has 0 radical (unpaired) electrons. The predicted octanol–water partition coefficient (Wildman–Crippen LogP) is 0.708. The molecule has 1 N–H and O–H groups in total. The molecule has 0 saturated carbocycles. The van der Waals surface area contributed by atoms with E-state index in [2.05, 4.69) is 21.6 Å². The van der Waals surface area contributed by atoms with Gasteiger partial charge >= 0.3 is 0 Å². The van der Waals surface area contributed by atoms with Crippen LogP contribution in [0.1, 0.15) is 17.1 Å². The number of aliphatic hydroxyl groups is 1. The molecule has 6 heteroatoms. The highest BCUT2D eigenvalue weighted by molar-refractivity contribution is 7.09. The van der Waals surface area contributed by atoms with Crippen LogP contribution < -0.4 is 0 Å². The van der Waals surface area contributed by atoms with Gasteiger partial charge in [0.1, 0.15) is 0 Å². The third-order valence-electron chi connectivity index (χ3n) is 2.05. The van der Waals surface area contributed by atoms with E-state index in [1.54, 1.807) is 16.0 Å². The molecule has 2 rings (SSSR count). The summed E-state index contributed by atoms with van der Waals surface area (Å²) in [5.41, 5.74) is 0. The first-order valence-corrected chi connectivity index (χ1v) is 5.66. The van der Waals surface area contributed by atoms with Crippen LogP contribution in [0, 0.1) is 0 Å². The topological polar surface area (TPSA) is 63.8 Å². The number of rotatable bonds is 5. The molecule has 2 aromatic heterocycles. The van der Waals surface area contributed by atoms with E-state index in [0.717, 1.165) is 12.2 Å². The molecule has 0 fully saturated rings. The van der Waals surface area contributed by atoms with Crippen molar-refractivity contribution < 1.29 is 5.11 Å². The van der Waals surface area contributed by atoms with Gasteiger partial charge in [0.25, 0.3) is 0 Å². The highest BCUT2D eigenvalue weighted by Crippen LogP contribution is 2.12. The van der Waals surface area contributed by atoms with E-state index in [1.807, 2.05) is 11.4 Å². The summed E-state index contributed by atoms with van der Waals surface area (Å²) in [5.74, 6) is 0.853. The lowest BCUT2D eigenvalue weighted by Crippen LogP contribution is -2.07. The van der Waals surface area contributed by atoms with Gasteiger partial charge in [-0.2, -0.15) is 0 Å². The molecule has 2 aromatic rings. The number of aromatic nitrogens is 4. The van der Waals surface area contributed by atoms with Crippen LogP contribution in [-0.2, 0) is 13.0 Å². The van der Waals surface area contributed by atoms with E-state index < -0.39 is 0 Å². The number of hydrogen-bond donors (Lipinski definition) is 1. The lowest BCUT2D eigenvalue weighted by atomic mass is 10.3. The Bertz CT molecular complexity index is 398. The van der Waals surface area contributed by atoms with Gasteiger partial charge in [0.05, 0.1) is 0 Å². The second kappa shape index (κ2) is 4.99. The molecule has 0 atom stereocenters. The maximum Gasteiger partial charge on any atom is 0.156 e. The number of thiophene rings is 1. The minimum atomic E-state index is 0.165. The first kappa shape index (κ1) is 10.3. The minimum Gasteiger partial charge on any atom is -0.396 e. The van der Waals surface area contributed by atoms with Crippen LogP contribution in [0.3, 0.4) is 0 Å². The smallest absolute Gasteiger partial charge is 0.156 e. The first-order valence-electron chi connectivity index (χ1n) is 4.78. The second-order valence-corrected chi connectivity index (χ2v) is 4.18. The Balaban J connectivity index is 2.04. The van der Waals surface area contributed by atoms with Crippen molar-refractivity contribution in [3.63, 3.8) is 0 Å². The molecule has 0 aromatic carbocycles. The molecule has 0 saturated heterocycles. The number of hydrogen-bond acceptors (Lipinski definition) is 5. The molecule has 5 nitrogen and oxygen atoms in total. The fraction of sp³-hybridized carbons (Fsp3) is 0.444. The zero-order valence-corrected chi connectivity index (χ0v) is 9.02. The van der Waals surface area contributed by atoms with Gasteiger partial charge in [0.2, 0.25) is 0 Å². The minimum absolute atomic E-state index is 0.165. The van der Waals surface area contributed by atoms with Crippen LogP contribution in [0.5, 0.6) is 0 Å². The quantitative estimate of drug-likeness (QED) is 0.812. The summed E-state index contributed by atoms with van der Waals surface area (Å²) in [6, 6.07) is 4.08. The summed E-state index contributed by atoms with van der Waals surface area (Å²) in [6.07, 6.45) is 1.44. The molecule has 0 aliphatic heterocycles. The molecular formula is C9H12N4OS. The summed E-state index contributed by atoms with van der Waals surface area (Å²) in [7, 11) is 0. The Labute approximate surface area is 91.4 Å². The summed E-state index contributed by atoms with van der Waals surface area (Å²) in [6.45, 7) is 0.836. The SMILES string of the molecule is OCCCn1nnnc1Cc1cccs1. The predicted molar refractivity (Wildman–Crippen MR) is 56.6 cm³/mol. The normalized spacial score (nSPS) is 10.7. The molecule has 0 aliphatic carbocycles. The molecule has 2 heterocycles. The number of nitrogens with zero attached hydrogens (tertiary/aromatic N) is 4. The lowest BCUT2D eigenvalue weighted by molar-refractivity contribution is 0.275. The third-order valence-corrected chi connectivity index (χ3v) is 2.92. The maximum atomic E-state index is 8.73. The zero-order valence-electron chi connectivity index (χ0n) is 8.20. The average Bonchev–Trinajstić information content (AvgIpc) is 2.87. The van der Waals surface area contributed by atoms with Gasteiger partial charge in [-0.15, -0.1) is 16.4 Å². The van der Waals surface area contributed by atoms with Crippen molar-refractivity contribution in [3.8, 4) is 0 Å². The Morgan fingerprint density at radius 2 is 2.40 bits per heavy atom. The number of aliphatic hydroxyl groups excluding tert-OH is 1. The molecule has 0 spiro atoms. The standard InChI is InChI=1S/C9H12N4OS/c14-5-2-4-13-9(10-11-12-13)7-8-3-1-6-15-8/h1,3,6,14H,2,4-5,7H2. The number of aryl methyl sites for hydroxylation is 1. The van der Waals surface area contributed by atoms with E-state index in [9.17, 15) is 0 Å².